The van der Waals surface area contributed by atoms with Crippen molar-refractivity contribution in [2.75, 3.05) is 22.9 Å². The van der Waals surface area contributed by atoms with E-state index < -0.39 is 23.1 Å². The third-order valence-electron chi connectivity index (χ3n) is 6.92. The maximum atomic E-state index is 15.1. The molecule has 36 heavy (non-hydrogen) atoms. The smallest absolute Gasteiger partial charge is 0.259 e. The summed E-state index contributed by atoms with van der Waals surface area (Å²) in [6, 6.07) is 7.47. The standard InChI is InChI=1S/C27H28F2N4O2S/c1-16-14-31(15-16)23(34)8-6-7-18-9-10-19(13-20(18)28)33-26(36)32(25(35)27(33,3)4)22-12-11-21(30-5)17(2)24(22)29/h9-13,16H,6-8,14-15H2,1-4H3. The van der Waals surface area contributed by atoms with E-state index in [1.54, 1.807) is 26.0 Å². The van der Waals surface area contributed by atoms with Crippen LogP contribution in [0.2, 0.25) is 0 Å². The number of rotatable bonds is 6. The highest BCUT2D eigenvalue weighted by Gasteiger charge is 2.51. The molecule has 4 rings (SSSR count). The highest BCUT2D eigenvalue weighted by molar-refractivity contribution is 7.81. The fraction of sp³-hybridized carbons (Fsp3) is 0.407. The van der Waals surface area contributed by atoms with Gasteiger partial charge in [0, 0.05) is 25.2 Å². The molecule has 2 aliphatic heterocycles. The molecule has 0 unspecified atom stereocenters. The zero-order valence-corrected chi connectivity index (χ0v) is 21.6. The quantitative estimate of drug-likeness (QED) is 0.378. The van der Waals surface area contributed by atoms with Crippen molar-refractivity contribution >= 4 is 46.2 Å². The van der Waals surface area contributed by atoms with Gasteiger partial charge in [0.15, 0.2) is 10.8 Å². The molecule has 0 atom stereocenters. The molecule has 9 heteroatoms. The van der Waals surface area contributed by atoms with E-state index in [9.17, 15) is 9.59 Å². The Kier molecular flexibility index (Phi) is 6.84. The number of carbonyl (C=O) groups excluding carboxylic acids is 2. The lowest BCUT2D eigenvalue weighted by molar-refractivity contribution is -0.137. The lowest BCUT2D eigenvalue weighted by Crippen LogP contribution is -2.48. The summed E-state index contributed by atoms with van der Waals surface area (Å²) in [7, 11) is 0. The van der Waals surface area contributed by atoms with Crippen molar-refractivity contribution in [3.8, 4) is 0 Å². The topological polar surface area (TPSA) is 48.2 Å². The Balaban J connectivity index is 1.53. The van der Waals surface area contributed by atoms with Crippen molar-refractivity contribution < 1.29 is 18.4 Å². The Hall–Kier alpha value is -3.38. The minimum Gasteiger partial charge on any atom is -0.342 e. The predicted octanol–water partition coefficient (Wildman–Crippen LogP) is 5.54. The van der Waals surface area contributed by atoms with Crippen LogP contribution in [-0.2, 0) is 16.0 Å². The molecular weight excluding hydrogens is 482 g/mol. The summed E-state index contributed by atoms with van der Waals surface area (Å²) < 4.78 is 30.2. The second-order valence-electron chi connectivity index (χ2n) is 10.0. The number of nitrogens with zero attached hydrogens (tertiary/aromatic N) is 4. The second kappa shape index (κ2) is 9.58. The molecule has 0 N–H and O–H groups in total. The third kappa shape index (κ3) is 4.35. The van der Waals surface area contributed by atoms with Crippen molar-refractivity contribution in [2.24, 2.45) is 5.92 Å². The summed E-state index contributed by atoms with van der Waals surface area (Å²) in [6.07, 6.45) is 1.33. The first-order chi connectivity index (χ1) is 17.0. The summed E-state index contributed by atoms with van der Waals surface area (Å²) in [4.78, 5) is 33.3. The number of aryl methyl sites for hydroxylation is 1. The number of likely N-dealkylation sites (tertiary alicyclic amines) is 1. The third-order valence-corrected chi connectivity index (χ3v) is 7.28. The van der Waals surface area contributed by atoms with Gasteiger partial charge in [-0.3, -0.25) is 14.5 Å². The normalized spacial score (nSPS) is 17.4. The molecule has 0 aromatic heterocycles. The van der Waals surface area contributed by atoms with E-state index >= 15 is 8.78 Å². The average molecular weight is 511 g/mol. The van der Waals surface area contributed by atoms with E-state index in [0.29, 0.717) is 36.4 Å². The first-order valence-electron chi connectivity index (χ1n) is 11.9. The monoisotopic (exact) mass is 510 g/mol. The maximum Gasteiger partial charge on any atom is 0.259 e. The van der Waals surface area contributed by atoms with Gasteiger partial charge in [-0.2, -0.15) is 0 Å². The summed E-state index contributed by atoms with van der Waals surface area (Å²) in [5.74, 6) is -0.961. The van der Waals surface area contributed by atoms with Crippen LogP contribution in [0, 0.1) is 31.0 Å². The molecule has 2 heterocycles. The van der Waals surface area contributed by atoms with Crippen LogP contribution in [0.4, 0.5) is 25.8 Å². The Morgan fingerprint density at radius 1 is 1.22 bits per heavy atom. The van der Waals surface area contributed by atoms with Crippen LogP contribution in [0.5, 0.6) is 0 Å². The van der Waals surface area contributed by atoms with Crippen molar-refractivity contribution in [1.29, 1.82) is 0 Å². The minimum atomic E-state index is -1.19. The Labute approximate surface area is 215 Å². The predicted molar refractivity (Wildman–Crippen MR) is 139 cm³/mol. The summed E-state index contributed by atoms with van der Waals surface area (Å²) in [6.45, 7) is 15.6. The van der Waals surface area contributed by atoms with E-state index in [1.807, 2.05) is 4.90 Å². The van der Waals surface area contributed by atoms with E-state index in [2.05, 4.69) is 11.8 Å². The molecule has 2 saturated heterocycles. The zero-order valence-electron chi connectivity index (χ0n) is 20.8. The van der Waals surface area contributed by atoms with Crippen LogP contribution in [-0.4, -0.2) is 40.5 Å². The summed E-state index contributed by atoms with van der Waals surface area (Å²) in [5, 5.41) is 0.0281. The van der Waals surface area contributed by atoms with Gasteiger partial charge in [0.05, 0.1) is 12.3 Å². The first-order valence-corrected chi connectivity index (χ1v) is 12.3. The molecule has 0 radical (unpaired) electrons. The van der Waals surface area contributed by atoms with Crippen LogP contribution >= 0.6 is 12.2 Å². The van der Waals surface area contributed by atoms with Gasteiger partial charge < -0.3 is 9.80 Å². The molecular formula is C27H28F2N4O2S. The maximum absolute atomic E-state index is 15.1. The number of hydrogen-bond acceptors (Lipinski definition) is 3. The number of benzene rings is 2. The van der Waals surface area contributed by atoms with Gasteiger partial charge in [-0.25, -0.2) is 13.6 Å². The number of hydrogen-bond donors (Lipinski definition) is 0. The molecule has 0 aliphatic carbocycles. The summed E-state index contributed by atoms with van der Waals surface area (Å²) >= 11 is 5.58. The molecule has 2 amide bonds. The van der Waals surface area contributed by atoms with E-state index in [0.717, 1.165) is 18.0 Å². The van der Waals surface area contributed by atoms with E-state index in [1.165, 1.54) is 30.0 Å². The molecule has 6 nitrogen and oxygen atoms in total. The number of thiocarbonyl (C=S) groups is 1. The van der Waals surface area contributed by atoms with Gasteiger partial charge in [-0.05, 0) is 81.1 Å². The molecule has 2 aromatic rings. The fourth-order valence-corrected chi connectivity index (χ4v) is 5.28. The highest BCUT2D eigenvalue weighted by Crippen LogP contribution is 2.39. The van der Waals surface area contributed by atoms with Crippen LogP contribution in [0.15, 0.2) is 30.3 Å². The Morgan fingerprint density at radius 3 is 2.53 bits per heavy atom. The van der Waals surface area contributed by atoms with Crippen molar-refractivity contribution in [1.82, 2.24) is 4.90 Å². The fourth-order valence-electron chi connectivity index (χ4n) is 4.76. The van der Waals surface area contributed by atoms with Crippen molar-refractivity contribution in [3.05, 3.63) is 64.5 Å². The van der Waals surface area contributed by atoms with E-state index in [4.69, 9.17) is 18.8 Å². The lowest BCUT2D eigenvalue weighted by atomic mass is 10.0. The molecule has 2 aliphatic rings. The molecule has 0 bridgehead atoms. The van der Waals surface area contributed by atoms with Gasteiger partial charge in [-0.15, -0.1) is 0 Å². The number of amides is 2. The van der Waals surface area contributed by atoms with Gasteiger partial charge >= 0.3 is 0 Å². The second-order valence-corrected chi connectivity index (χ2v) is 10.4. The van der Waals surface area contributed by atoms with Crippen LogP contribution in [0.1, 0.15) is 44.7 Å². The Bertz CT molecular complexity index is 1300. The van der Waals surface area contributed by atoms with Crippen LogP contribution in [0.3, 0.4) is 0 Å². The Morgan fingerprint density at radius 2 is 1.92 bits per heavy atom. The number of halogens is 2. The van der Waals surface area contributed by atoms with E-state index in [-0.39, 0.29) is 28.0 Å². The average Bonchev–Trinajstić information content (AvgIpc) is 2.98. The van der Waals surface area contributed by atoms with Gasteiger partial charge in [-0.1, -0.05) is 19.1 Å². The lowest BCUT2D eigenvalue weighted by Gasteiger charge is -2.37. The van der Waals surface area contributed by atoms with Crippen LogP contribution in [0.25, 0.3) is 4.85 Å². The molecule has 2 aromatic carbocycles. The zero-order chi connectivity index (χ0) is 26.4. The molecule has 0 spiro atoms. The van der Waals surface area contributed by atoms with Gasteiger partial charge in [0.25, 0.3) is 5.91 Å². The minimum absolute atomic E-state index is 0.0281. The largest absolute Gasteiger partial charge is 0.342 e. The summed E-state index contributed by atoms with van der Waals surface area (Å²) in [5.41, 5.74) is -0.0851. The molecule has 0 saturated carbocycles. The molecule has 188 valence electrons. The van der Waals surface area contributed by atoms with Crippen LogP contribution < -0.4 is 9.80 Å². The first kappa shape index (κ1) is 25.7. The van der Waals surface area contributed by atoms with Gasteiger partial charge in [0.2, 0.25) is 5.91 Å². The molecule has 2 fully saturated rings. The van der Waals surface area contributed by atoms with Gasteiger partial charge in [0.1, 0.15) is 17.2 Å². The van der Waals surface area contributed by atoms with Crippen molar-refractivity contribution in [2.45, 2.75) is 52.5 Å². The number of anilines is 2. The SMILES string of the molecule is [C-]#[N+]c1ccc(N2C(=O)C(C)(C)N(c3ccc(CCCC(=O)N4CC(C)C4)c(F)c3)C2=S)c(F)c1C. The van der Waals surface area contributed by atoms with Crippen molar-refractivity contribution in [3.63, 3.8) is 0 Å². The highest BCUT2D eigenvalue weighted by atomic mass is 32.1. The number of carbonyl (C=O) groups is 2.